The molecule has 10 nitrogen and oxygen atoms in total. The molecular formula is C39H34N2O8S. The molecule has 1 aliphatic heterocycles. The number of aromatic carboxylic acids is 1. The van der Waals surface area contributed by atoms with Gasteiger partial charge in [0.15, 0.2) is 16.3 Å². The minimum Gasteiger partial charge on any atom is -0.494 e. The molecule has 0 radical (unpaired) electrons. The first kappa shape index (κ1) is 33.9. The van der Waals surface area contributed by atoms with Crippen molar-refractivity contribution in [2.24, 2.45) is 4.99 Å². The van der Waals surface area contributed by atoms with Crippen LogP contribution in [0.1, 0.15) is 52.5 Å². The number of thiazole rings is 1. The van der Waals surface area contributed by atoms with Gasteiger partial charge < -0.3 is 24.1 Å². The number of hydrogen-bond donors (Lipinski definition) is 1. The van der Waals surface area contributed by atoms with Crippen LogP contribution >= 0.6 is 11.3 Å². The molecule has 2 heterocycles. The molecule has 0 aliphatic carbocycles. The molecule has 50 heavy (non-hydrogen) atoms. The van der Waals surface area contributed by atoms with Gasteiger partial charge >= 0.3 is 11.9 Å². The molecule has 5 aromatic rings. The summed E-state index contributed by atoms with van der Waals surface area (Å²) >= 11 is 1.22. The number of hydrogen-bond acceptors (Lipinski definition) is 9. The van der Waals surface area contributed by atoms with E-state index >= 15 is 0 Å². The molecule has 0 saturated heterocycles. The second-order valence-corrected chi connectivity index (χ2v) is 12.1. The number of fused-ring (bicyclic) bond motifs is 1. The summed E-state index contributed by atoms with van der Waals surface area (Å²) < 4.78 is 24.7. The lowest BCUT2D eigenvalue weighted by atomic mass is 9.93. The summed E-state index contributed by atoms with van der Waals surface area (Å²) in [6.07, 6.45) is 1.75. The lowest BCUT2D eigenvalue weighted by molar-refractivity contribution is -0.138. The number of methoxy groups -OCH3 is 1. The number of carboxylic acid groups (broad SMARTS) is 1. The number of carboxylic acids is 1. The third-order valence-electron chi connectivity index (χ3n) is 7.93. The Labute approximate surface area is 291 Å². The summed E-state index contributed by atoms with van der Waals surface area (Å²) in [6, 6.07) is 27.7. The van der Waals surface area contributed by atoms with Crippen LogP contribution in [-0.2, 0) is 16.1 Å². The average Bonchev–Trinajstić information content (AvgIpc) is 3.45. The Morgan fingerprint density at radius 2 is 1.68 bits per heavy atom. The van der Waals surface area contributed by atoms with E-state index in [-0.39, 0.29) is 29.9 Å². The van der Waals surface area contributed by atoms with Gasteiger partial charge in [-0.3, -0.25) is 9.36 Å². The molecular weight excluding hydrogens is 657 g/mol. The standard InChI is InChI=1S/C39H34N2O8S/c1-4-47-29-17-15-27(16-18-29)35-33(38(45)48-5-2)34(26-11-7-6-8-12-26)40-39-41(35)36(42)32(50-39)22-24-14-19-30(31(21-24)46-3)49-23-25-10-9-13-28(20-25)37(43)44/h6-22,35H,4-5,23H2,1-3H3,(H,43,44)/b32-22-/t35-/m0/s1. The molecule has 254 valence electrons. The second-order valence-electron chi connectivity index (χ2n) is 11.1. The predicted octanol–water partition coefficient (Wildman–Crippen LogP) is 5.62. The van der Waals surface area contributed by atoms with Gasteiger partial charge in [-0.25, -0.2) is 14.6 Å². The van der Waals surface area contributed by atoms with E-state index in [1.807, 2.05) is 61.5 Å². The number of aromatic nitrogens is 1. The molecule has 1 aliphatic rings. The highest BCUT2D eigenvalue weighted by atomic mass is 32.1. The topological polar surface area (TPSA) is 126 Å². The number of ether oxygens (including phenoxy) is 4. The number of nitrogens with zero attached hydrogens (tertiary/aromatic N) is 2. The zero-order chi connectivity index (χ0) is 35.2. The lowest BCUT2D eigenvalue weighted by Gasteiger charge is -2.26. The van der Waals surface area contributed by atoms with Crippen molar-refractivity contribution >= 4 is 35.0 Å². The van der Waals surface area contributed by atoms with E-state index in [1.54, 1.807) is 54.0 Å². The van der Waals surface area contributed by atoms with E-state index in [9.17, 15) is 19.5 Å². The van der Waals surface area contributed by atoms with Gasteiger partial charge in [0.05, 0.1) is 47.7 Å². The molecule has 4 aromatic carbocycles. The number of rotatable bonds is 12. The fourth-order valence-electron chi connectivity index (χ4n) is 5.67. The molecule has 1 aromatic heterocycles. The van der Waals surface area contributed by atoms with E-state index < -0.39 is 18.0 Å². The molecule has 6 rings (SSSR count). The number of carbonyl (C=O) groups excluding carboxylic acids is 1. The zero-order valence-electron chi connectivity index (χ0n) is 27.6. The Hall–Kier alpha value is -5.94. The fraction of sp³-hybridized carbons (Fsp3) is 0.179. The van der Waals surface area contributed by atoms with Crippen molar-refractivity contribution in [2.45, 2.75) is 26.5 Å². The van der Waals surface area contributed by atoms with Crippen LogP contribution in [0.5, 0.6) is 17.2 Å². The highest BCUT2D eigenvalue weighted by molar-refractivity contribution is 7.07. The molecule has 0 amide bonds. The number of esters is 1. The molecule has 1 atom stereocenters. The smallest absolute Gasteiger partial charge is 0.338 e. The normalized spacial score (nSPS) is 14.1. The summed E-state index contributed by atoms with van der Waals surface area (Å²) in [6.45, 7) is 4.43. The second kappa shape index (κ2) is 15.1. The van der Waals surface area contributed by atoms with E-state index in [2.05, 4.69) is 0 Å². The minimum absolute atomic E-state index is 0.132. The van der Waals surface area contributed by atoms with E-state index in [0.29, 0.717) is 55.6 Å². The fourth-order valence-corrected chi connectivity index (χ4v) is 6.67. The molecule has 0 fully saturated rings. The first-order chi connectivity index (χ1) is 24.3. The zero-order valence-corrected chi connectivity index (χ0v) is 28.4. The Balaban J connectivity index is 1.44. The maximum Gasteiger partial charge on any atom is 0.338 e. The van der Waals surface area contributed by atoms with Crippen molar-refractivity contribution in [3.8, 4) is 17.2 Å². The van der Waals surface area contributed by atoms with E-state index in [0.717, 1.165) is 5.56 Å². The summed E-state index contributed by atoms with van der Waals surface area (Å²) in [5.41, 5.74) is 3.34. The van der Waals surface area contributed by atoms with Crippen molar-refractivity contribution in [2.75, 3.05) is 20.3 Å². The van der Waals surface area contributed by atoms with Crippen LogP contribution in [0, 0.1) is 0 Å². The molecule has 1 N–H and O–H groups in total. The van der Waals surface area contributed by atoms with Gasteiger partial charge in [-0.05, 0) is 73.0 Å². The predicted molar refractivity (Wildman–Crippen MR) is 189 cm³/mol. The SMILES string of the molecule is CCOC(=O)C1=C(c2ccccc2)N=c2s/c(=C\c3ccc(OCc4cccc(C(=O)O)c4)c(OC)c3)c(=O)n2[C@H]1c1ccc(OCC)cc1. The Kier molecular flexibility index (Phi) is 10.2. The molecule has 0 bridgehead atoms. The monoisotopic (exact) mass is 690 g/mol. The third-order valence-corrected chi connectivity index (χ3v) is 8.92. The van der Waals surface area contributed by atoms with Crippen molar-refractivity contribution < 1.29 is 33.6 Å². The Morgan fingerprint density at radius 1 is 0.900 bits per heavy atom. The van der Waals surface area contributed by atoms with Gasteiger partial charge in [0.1, 0.15) is 12.4 Å². The number of carbonyl (C=O) groups is 2. The van der Waals surface area contributed by atoms with Crippen molar-refractivity contribution in [3.63, 3.8) is 0 Å². The van der Waals surface area contributed by atoms with Crippen molar-refractivity contribution in [1.82, 2.24) is 4.57 Å². The van der Waals surface area contributed by atoms with Gasteiger partial charge in [0.2, 0.25) is 0 Å². The largest absolute Gasteiger partial charge is 0.494 e. The van der Waals surface area contributed by atoms with Gasteiger partial charge in [-0.2, -0.15) is 0 Å². The van der Waals surface area contributed by atoms with Crippen LogP contribution in [0.25, 0.3) is 11.8 Å². The highest BCUT2D eigenvalue weighted by Gasteiger charge is 2.35. The van der Waals surface area contributed by atoms with Crippen LogP contribution in [0.2, 0.25) is 0 Å². The number of benzene rings is 4. The summed E-state index contributed by atoms with van der Waals surface area (Å²) in [5.74, 6) is -0.0154. The quantitative estimate of drug-likeness (QED) is 0.167. The molecule has 0 saturated carbocycles. The summed E-state index contributed by atoms with van der Waals surface area (Å²) in [4.78, 5) is 44.7. The molecule has 0 spiro atoms. The first-order valence-corrected chi connectivity index (χ1v) is 16.8. The van der Waals surface area contributed by atoms with Gasteiger partial charge in [0, 0.05) is 5.56 Å². The first-order valence-electron chi connectivity index (χ1n) is 16.0. The van der Waals surface area contributed by atoms with Crippen LogP contribution in [0.3, 0.4) is 0 Å². The van der Waals surface area contributed by atoms with Crippen LogP contribution in [0.15, 0.2) is 112 Å². The third kappa shape index (κ3) is 7.08. The molecule has 0 unspecified atom stereocenters. The summed E-state index contributed by atoms with van der Waals surface area (Å²) in [7, 11) is 1.52. The Morgan fingerprint density at radius 3 is 2.38 bits per heavy atom. The lowest BCUT2D eigenvalue weighted by Crippen LogP contribution is -2.40. The van der Waals surface area contributed by atoms with E-state index in [1.165, 1.54) is 24.5 Å². The van der Waals surface area contributed by atoms with Crippen molar-refractivity contribution in [1.29, 1.82) is 0 Å². The molecule has 11 heteroatoms. The Bertz CT molecular complexity index is 2260. The summed E-state index contributed by atoms with van der Waals surface area (Å²) in [5, 5.41) is 9.31. The average molecular weight is 691 g/mol. The van der Waals surface area contributed by atoms with Crippen molar-refractivity contribution in [3.05, 3.63) is 150 Å². The van der Waals surface area contributed by atoms with Gasteiger partial charge in [-0.1, -0.05) is 72.0 Å². The van der Waals surface area contributed by atoms with Crippen LogP contribution in [-0.4, -0.2) is 41.9 Å². The maximum absolute atomic E-state index is 14.3. The van der Waals surface area contributed by atoms with Crippen LogP contribution in [0.4, 0.5) is 0 Å². The maximum atomic E-state index is 14.3. The highest BCUT2D eigenvalue weighted by Crippen LogP contribution is 2.36. The van der Waals surface area contributed by atoms with E-state index in [4.69, 9.17) is 23.9 Å². The minimum atomic E-state index is -1.02. The van der Waals surface area contributed by atoms with Gasteiger partial charge in [-0.15, -0.1) is 0 Å². The van der Waals surface area contributed by atoms with Crippen LogP contribution < -0.4 is 29.1 Å². The van der Waals surface area contributed by atoms with Gasteiger partial charge in [0.25, 0.3) is 5.56 Å².